The predicted molar refractivity (Wildman–Crippen MR) is 65.5 cm³/mol. The number of carboxylic acid groups (broad SMARTS) is 1. The van der Waals surface area contributed by atoms with Gasteiger partial charge in [-0.15, -0.1) is 0 Å². The number of amides is 1. The molecule has 0 radical (unpaired) electrons. The molecule has 1 heterocycles. The van der Waals surface area contributed by atoms with E-state index in [0.29, 0.717) is 0 Å². The van der Waals surface area contributed by atoms with Crippen molar-refractivity contribution in [2.45, 2.75) is 0 Å². The molecule has 2 rings (SSSR count). The number of hydrogen-bond donors (Lipinski definition) is 2. The Hall–Kier alpha value is -2.83. The van der Waals surface area contributed by atoms with Crippen molar-refractivity contribution in [2.75, 3.05) is 5.32 Å². The summed E-state index contributed by atoms with van der Waals surface area (Å²) in [7, 11) is 0. The van der Waals surface area contributed by atoms with Crippen LogP contribution in [0.15, 0.2) is 36.7 Å². The van der Waals surface area contributed by atoms with Gasteiger partial charge in [-0.2, -0.15) is 0 Å². The highest BCUT2D eigenvalue weighted by Crippen LogP contribution is 2.15. The summed E-state index contributed by atoms with van der Waals surface area (Å²) in [4.78, 5) is 25.9. The summed E-state index contributed by atoms with van der Waals surface area (Å²) in [5.41, 5.74) is -0.482. The summed E-state index contributed by atoms with van der Waals surface area (Å²) in [6.45, 7) is 0. The molecule has 102 valence electrons. The average molecular weight is 278 g/mol. The van der Waals surface area contributed by atoms with Crippen LogP contribution in [0.2, 0.25) is 0 Å². The maximum Gasteiger partial charge on any atom is 0.338 e. The van der Waals surface area contributed by atoms with E-state index < -0.39 is 29.1 Å². The maximum absolute atomic E-state index is 13.4. The lowest BCUT2D eigenvalue weighted by atomic mass is 10.2. The van der Waals surface area contributed by atoms with E-state index in [2.05, 4.69) is 10.3 Å². The fourth-order valence-corrected chi connectivity index (χ4v) is 1.51. The van der Waals surface area contributed by atoms with Gasteiger partial charge in [0.15, 0.2) is 0 Å². The number of nitrogens with one attached hydrogen (secondary N) is 1. The number of nitrogens with zero attached hydrogens (tertiary/aromatic N) is 1. The van der Waals surface area contributed by atoms with Crippen LogP contribution in [0.4, 0.5) is 14.5 Å². The van der Waals surface area contributed by atoms with Crippen LogP contribution in [-0.4, -0.2) is 22.0 Å². The Labute approximate surface area is 111 Å². The van der Waals surface area contributed by atoms with Crippen molar-refractivity contribution >= 4 is 17.6 Å². The number of halogens is 2. The zero-order chi connectivity index (χ0) is 14.7. The summed E-state index contributed by atoms with van der Waals surface area (Å²) in [5.74, 6) is -3.74. The molecule has 0 atom stereocenters. The van der Waals surface area contributed by atoms with Gasteiger partial charge in [-0.05, 0) is 24.3 Å². The summed E-state index contributed by atoms with van der Waals surface area (Å²) in [6.07, 6.45) is 2.10. The molecule has 0 aliphatic carbocycles. The van der Waals surface area contributed by atoms with Crippen molar-refractivity contribution < 1.29 is 23.5 Å². The van der Waals surface area contributed by atoms with E-state index in [-0.39, 0.29) is 11.3 Å². The zero-order valence-corrected chi connectivity index (χ0v) is 9.93. The summed E-state index contributed by atoms with van der Waals surface area (Å²) >= 11 is 0. The molecule has 0 fully saturated rings. The predicted octanol–water partition coefficient (Wildman–Crippen LogP) is 2.31. The van der Waals surface area contributed by atoms with E-state index in [4.69, 9.17) is 5.11 Å². The van der Waals surface area contributed by atoms with Crippen LogP contribution >= 0.6 is 0 Å². The number of anilines is 1. The monoisotopic (exact) mass is 278 g/mol. The molecule has 20 heavy (non-hydrogen) atoms. The van der Waals surface area contributed by atoms with E-state index in [1.54, 1.807) is 0 Å². The lowest BCUT2D eigenvalue weighted by Crippen LogP contribution is -2.13. The molecular weight excluding hydrogens is 270 g/mol. The molecule has 0 saturated heterocycles. The average Bonchev–Trinajstić information content (AvgIpc) is 2.38. The highest BCUT2D eigenvalue weighted by Gasteiger charge is 2.12. The third-order valence-electron chi connectivity index (χ3n) is 2.42. The van der Waals surface area contributed by atoms with E-state index in [0.717, 1.165) is 30.6 Å². The first-order valence-electron chi connectivity index (χ1n) is 5.42. The van der Waals surface area contributed by atoms with Crippen LogP contribution in [0.5, 0.6) is 0 Å². The topological polar surface area (TPSA) is 79.3 Å². The van der Waals surface area contributed by atoms with E-state index in [1.807, 2.05) is 0 Å². The third kappa shape index (κ3) is 2.94. The van der Waals surface area contributed by atoms with E-state index in [9.17, 15) is 18.4 Å². The van der Waals surface area contributed by atoms with Crippen molar-refractivity contribution in [3.63, 3.8) is 0 Å². The van der Waals surface area contributed by atoms with E-state index >= 15 is 0 Å². The molecule has 1 aromatic carbocycles. The van der Waals surface area contributed by atoms with Crippen molar-refractivity contribution in [3.05, 3.63) is 59.4 Å². The van der Waals surface area contributed by atoms with Gasteiger partial charge in [0.2, 0.25) is 0 Å². The number of hydrogen-bond acceptors (Lipinski definition) is 3. The van der Waals surface area contributed by atoms with Gasteiger partial charge in [0.25, 0.3) is 5.91 Å². The molecule has 0 bridgehead atoms. The Kier molecular flexibility index (Phi) is 3.69. The minimum Gasteiger partial charge on any atom is -0.478 e. The molecule has 0 unspecified atom stereocenters. The molecule has 1 aromatic heterocycles. The lowest BCUT2D eigenvalue weighted by molar-refractivity contribution is 0.0692. The van der Waals surface area contributed by atoms with Crippen molar-refractivity contribution in [1.29, 1.82) is 0 Å². The van der Waals surface area contributed by atoms with Crippen LogP contribution in [0, 0.1) is 11.6 Å². The van der Waals surface area contributed by atoms with Crippen LogP contribution in [-0.2, 0) is 0 Å². The maximum atomic E-state index is 13.4. The molecule has 7 heteroatoms. The van der Waals surface area contributed by atoms with Gasteiger partial charge < -0.3 is 10.4 Å². The molecule has 5 nitrogen and oxygen atoms in total. The smallest absolute Gasteiger partial charge is 0.338 e. The largest absolute Gasteiger partial charge is 0.478 e. The second kappa shape index (κ2) is 5.43. The second-order valence-electron chi connectivity index (χ2n) is 3.85. The number of carboxylic acids is 1. The van der Waals surface area contributed by atoms with Crippen LogP contribution in [0.3, 0.4) is 0 Å². The molecule has 2 aromatic rings. The molecule has 0 spiro atoms. The summed E-state index contributed by atoms with van der Waals surface area (Å²) in [6, 6.07) is 4.10. The molecule has 0 saturated carbocycles. The van der Waals surface area contributed by atoms with Crippen LogP contribution in [0.1, 0.15) is 20.7 Å². The van der Waals surface area contributed by atoms with Gasteiger partial charge >= 0.3 is 5.97 Å². The fourth-order valence-electron chi connectivity index (χ4n) is 1.51. The van der Waals surface area contributed by atoms with Crippen LogP contribution < -0.4 is 5.32 Å². The Morgan fingerprint density at radius 1 is 1.15 bits per heavy atom. The Balaban J connectivity index is 2.20. The van der Waals surface area contributed by atoms with Crippen molar-refractivity contribution in [1.82, 2.24) is 4.98 Å². The molecule has 2 N–H and O–H groups in total. The van der Waals surface area contributed by atoms with Gasteiger partial charge in [-0.3, -0.25) is 9.78 Å². The first kappa shape index (κ1) is 13.6. The number of aromatic carboxylic acids is 1. The number of carbonyl (C=O) groups is 2. The van der Waals surface area contributed by atoms with Crippen molar-refractivity contribution in [3.8, 4) is 0 Å². The minimum atomic E-state index is -1.41. The molecule has 0 aliphatic heterocycles. The highest BCUT2D eigenvalue weighted by molar-refractivity contribution is 6.04. The van der Waals surface area contributed by atoms with Gasteiger partial charge in [-0.1, -0.05) is 0 Å². The number of benzene rings is 1. The third-order valence-corrected chi connectivity index (χ3v) is 2.42. The number of rotatable bonds is 3. The quantitative estimate of drug-likeness (QED) is 0.903. The number of aromatic nitrogens is 1. The molecule has 0 aliphatic rings. The molecular formula is C13H8F2N2O3. The minimum absolute atomic E-state index is 0.0345. The lowest BCUT2D eigenvalue weighted by Gasteiger charge is -2.06. The van der Waals surface area contributed by atoms with Gasteiger partial charge in [0, 0.05) is 11.9 Å². The molecule has 1 amide bonds. The van der Waals surface area contributed by atoms with Gasteiger partial charge in [-0.25, -0.2) is 13.6 Å². The zero-order valence-electron chi connectivity index (χ0n) is 9.93. The summed E-state index contributed by atoms with van der Waals surface area (Å²) in [5, 5.41) is 11.0. The van der Waals surface area contributed by atoms with Crippen LogP contribution in [0.25, 0.3) is 0 Å². The van der Waals surface area contributed by atoms with Gasteiger partial charge in [0.1, 0.15) is 11.6 Å². The number of carbonyl (C=O) groups excluding carboxylic acids is 1. The van der Waals surface area contributed by atoms with E-state index in [1.165, 1.54) is 6.07 Å². The first-order valence-corrected chi connectivity index (χ1v) is 5.42. The van der Waals surface area contributed by atoms with Crippen molar-refractivity contribution in [2.24, 2.45) is 0 Å². The standard InChI is InChI=1S/C13H8F2N2O3/c14-8-3-7(5-16-6-8)12(18)17-9-1-2-10(13(19)20)11(15)4-9/h1-6H,(H,17,18)(H,19,20). The normalized spacial score (nSPS) is 10.1. The Morgan fingerprint density at radius 2 is 1.90 bits per heavy atom. The SMILES string of the molecule is O=C(Nc1ccc(C(=O)O)c(F)c1)c1cncc(F)c1. The Bertz CT molecular complexity index is 689. The Morgan fingerprint density at radius 3 is 2.50 bits per heavy atom. The highest BCUT2D eigenvalue weighted by atomic mass is 19.1. The second-order valence-corrected chi connectivity index (χ2v) is 3.85. The first-order chi connectivity index (χ1) is 9.47. The summed E-state index contributed by atoms with van der Waals surface area (Å²) < 4.78 is 26.3. The fraction of sp³-hybridized carbons (Fsp3) is 0. The number of pyridine rings is 1. The van der Waals surface area contributed by atoms with Gasteiger partial charge in [0.05, 0.1) is 17.3 Å².